The number of rotatable bonds is 6. The van der Waals surface area contributed by atoms with Gasteiger partial charge < -0.3 is 9.64 Å². The average Bonchev–Trinajstić information content (AvgIpc) is 3.23. The van der Waals surface area contributed by atoms with Crippen molar-refractivity contribution in [3.8, 4) is 5.75 Å². The third-order valence-electron chi connectivity index (χ3n) is 5.34. The van der Waals surface area contributed by atoms with Crippen LogP contribution in [0.15, 0.2) is 18.2 Å². The van der Waals surface area contributed by atoms with E-state index in [1.54, 1.807) is 11.8 Å². The van der Waals surface area contributed by atoms with Crippen molar-refractivity contribution in [3.63, 3.8) is 0 Å². The van der Waals surface area contributed by atoms with Crippen molar-refractivity contribution in [3.05, 3.63) is 33.9 Å². The third kappa shape index (κ3) is 4.58. The van der Waals surface area contributed by atoms with Crippen LogP contribution in [0, 0.1) is 17.0 Å². The van der Waals surface area contributed by atoms with Gasteiger partial charge in [-0.15, -0.1) is 0 Å². The molecule has 1 atom stereocenters. The number of nitro groups is 1. The lowest BCUT2D eigenvalue weighted by Gasteiger charge is -2.34. The van der Waals surface area contributed by atoms with Crippen LogP contribution in [0.2, 0.25) is 0 Å². The van der Waals surface area contributed by atoms with Gasteiger partial charge in [-0.25, -0.2) is 8.42 Å². The van der Waals surface area contributed by atoms with Gasteiger partial charge in [0.05, 0.1) is 16.4 Å². The van der Waals surface area contributed by atoms with Crippen molar-refractivity contribution in [1.29, 1.82) is 0 Å². The number of hydrogen-bond donors (Lipinski definition) is 0. The molecule has 0 aromatic heterocycles. The smallest absolute Gasteiger partial charge is 0.272 e. The summed E-state index contributed by atoms with van der Waals surface area (Å²) in [6, 6.07) is 4.14. The Labute approximate surface area is 158 Å². The van der Waals surface area contributed by atoms with Gasteiger partial charge in [0, 0.05) is 23.7 Å². The first kappa shape index (κ1) is 19.6. The zero-order valence-corrected chi connectivity index (χ0v) is 16.1. The highest BCUT2D eigenvalue weighted by Gasteiger charge is 2.39. The third-order valence-corrected chi connectivity index (χ3v) is 7.09. The summed E-state index contributed by atoms with van der Waals surface area (Å²) >= 11 is 0. The molecule has 1 saturated carbocycles. The Hall–Kier alpha value is -2.16. The molecule has 1 saturated heterocycles. The molecule has 0 bridgehead atoms. The second-order valence-electron chi connectivity index (χ2n) is 7.29. The summed E-state index contributed by atoms with van der Waals surface area (Å²) in [6.07, 6.45) is 4.33. The van der Waals surface area contributed by atoms with Gasteiger partial charge in [-0.2, -0.15) is 0 Å². The number of amides is 1. The molecule has 1 amide bonds. The first-order valence-corrected chi connectivity index (χ1v) is 11.0. The summed E-state index contributed by atoms with van der Waals surface area (Å²) in [4.78, 5) is 25.0. The Morgan fingerprint density at radius 1 is 1.26 bits per heavy atom. The molecule has 3 rings (SSSR count). The number of aryl methyl sites for hydroxylation is 1. The zero-order valence-electron chi connectivity index (χ0n) is 15.3. The van der Waals surface area contributed by atoms with Crippen LogP contribution in [0.3, 0.4) is 0 Å². The van der Waals surface area contributed by atoms with E-state index in [1.807, 2.05) is 0 Å². The number of benzene rings is 1. The lowest BCUT2D eigenvalue weighted by atomic mass is 10.1. The number of nitro benzene ring substituents is 1. The van der Waals surface area contributed by atoms with E-state index in [2.05, 4.69) is 0 Å². The maximum Gasteiger partial charge on any atom is 0.272 e. The van der Waals surface area contributed by atoms with E-state index in [4.69, 9.17) is 4.74 Å². The molecule has 0 spiro atoms. The largest absolute Gasteiger partial charge is 0.484 e. The highest BCUT2D eigenvalue weighted by molar-refractivity contribution is 7.91. The minimum Gasteiger partial charge on any atom is -0.484 e. The average molecular weight is 396 g/mol. The summed E-state index contributed by atoms with van der Waals surface area (Å²) in [5, 5.41) is 10.9. The molecule has 1 aliphatic carbocycles. The Kier molecular flexibility index (Phi) is 5.69. The van der Waals surface area contributed by atoms with Crippen LogP contribution in [-0.2, 0) is 14.6 Å². The standard InChI is InChI=1S/C18H24N2O6S/c1-13-10-16(6-7-17(13)20(22)23)26-11-18(21)19(14-4-2-3-5-14)15-8-9-27(24,25)12-15/h6-7,10,14-15H,2-5,8-9,11-12H2,1H3/t15-/m0/s1. The van der Waals surface area contributed by atoms with Crippen LogP contribution >= 0.6 is 0 Å². The molecule has 148 valence electrons. The Morgan fingerprint density at radius 3 is 2.52 bits per heavy atom. The zero-order chi connectivity index (χ0) is 19.6. The molecule has 0 unspecified atom stereocenters. The minimum absolute atomic E-state index is 0.00239. The second kappa shape index (κ2) is 7.84. The molecule has 2 aliphatic rings. The van der Waals surface area contributed by atoms with Crippen molar-refractivity contribution in [2.75, 3.05) is 18.1 Å². The van der Waals surface area contributed by atoms with E-state index < -0.39 is 14.8 Å². The monoisotopic (exact) mass is 396 g/mol. The summed E-state index contributed by atoms with van der Waals surface area (Å²) < 4.78 is 29.3. The maximum atomic E-state index is 12.9. The van der Waals surface area contributed by atoms with E-state index in [0.717, 1.165) is 25.7 Å². The van der Waals surface area contributed by atoms with E-state index >= 15 is 0 Å². The summed E-state index contributed by atoms with van der Waals surface area (Å²) in [6.45, 7) is 1.41. The highest BCUT2D eigenvalue weighted by Crippen LogP contribution is 2.29. The summed E-state index contributed by atoms with van der Waals surface area (Å²) in [5.74, 6) is 0.305. The van der Waals surface area contributed by atoms with Gasteiger partial charge in [0.1, 0.15) is 5.75 Å². The lowest BCUT2D eigenvalue weighted by Crippen LogP contribution is -2.48. The quantitative estimate of drug-likeness (QED) is 0.539. The van der Waals surface area contributed by atoms with E-state index in [1.165, 1.54) is 18.2 Å². The molecule has 27 heavy (non-hydrogen) atoms. The molecular weight excluding hydrogens is 372 g/mol. The second-order valence-corrected chi connectivity index (χ2v) is 9.52. The molecule has 1 heterocycles. The number of sulfone groups is 1. The fourth-order valence-electron chi connectivity index (χ4n) is 4.02. The molecule has 0 N–H and O–H groups in total. The molecule has 1 aromatic carbocycles. The molecule has 0 radical (unpaired) electrons. The molecule has 9 heteroatoms. The van der Waals surface area contributed by atoms with Gasteiger partial charge in [0.2, 0.25) is 0 Å². The van der Waals surface area contributed by atoms with E-state index in [0.29, 0.717) is 17.7 Å². The Bertz CT molecular complexity index is 832. The van der Waals surface area contributed by atoms with Crippen LogP contribution in [0.4, 0.5) is 5.69 Å². The predicted octanol–water partition coefficient (Wildman–Crippen LogP) is 2.24. The van der Waals surface area contributed by atoms with Gasteiger partial charge in [-0.1, -0.05) is 12.8 Å². The van der Waals surface area contributed by atoms with Crippen LogP contribution in [0.5, 0.6) is 5.75 Å². The highest BCUT2D eigenvalue weighted by atomic mass is 32.2. The predicted molar refractivity (Wildman–Crippen MR) is 99.5 cm³/mol. The first-order chi connectivity index (χ1) is 12.8. The van der Waals surface area contributed by atoms with Gasteiger partial charge in [0.25, 0.3) is 11.6 Å². The fraction of sp³-hybridized carbons (Fsp3) is 0.611. The summed E-state index contributed by atoms with van der Waals surface area (Å²) in [5.41, 5.74) is 0.455. The van der Waals surface area contributed by atoms with Gasteiger partial charge in [-0.3, -0.25) is 14.9 Å². The fourth-order valence-corrected chi connectivity index (χ4v) is 5.74. The van der Waals surface area contributed by atoms with E-state index in [9.17, 15) is 23.3 Å². The number of nitrogens with zero attached hydrogens (tertiary/aromatic N) is 2. The number of ether oxygens (including phenoxy) is 1. The van der Waals surface area contributed by atoms with Crippen LogP contribution < -0.4 is 4.74 Å². The van der Waals surface area contributed by atoms with Crippen molar-refractivity contribution >= 4 is 21.4 Å². The first-order valence-electron chi connectivity index (χ1n) is 9.16. The molecular formula is C18H24N2O6S. The SMILES string of the molecule is Cc1cc(OCC(=O)N(C2CCCC2)[C@H]2CCS(=O)(=O)C2)ccc1[N+](=O)[O-]. The van der Waals surface area contributed by atoms with Crippen LogP contribution in [0.1, 0.15) is 37.7 Å². The minimum atomic E-state index is -3.09. The van der Waals surface area contributed by atoms with Crippen molar-refractivity contribution in [2.24, 2.45) is 0 Å². The topological polar surface area (TPSA) is 107 Å². The van der Waals surface area contributed by atoms with Gasteiger partial charge in [-0.05, 0) is 38.3 Å². The van der Waals surface area contributed by atoms with Crippen molar-refractivity contribution < 1.29 is 22.9 Å². The van der Waals surface area contributed by atoms with Gasteiger partial charge in [0.15, 0.2) is 16.4 Å². The van der Waals surface area contributed by atoms with Gasteiger partial charge >= 0.3 is 0 Å². The number of carbonyl (C=O) groups is 1. The molecule has 8 nitrogen and oxygen atoms in total. The maximum absolute atomic E-state index is 12.9. The van der Waals surface area contributed by atoms with E-state index in [-0.39, 0.29) is 41.8 Å². The lowest BCUT2D eigenvalue weighted by molar-refractivity contribution is -0.385. The van der Waals surface area contributed by atoms with Crippen LogP contribution in [-0.4, -0.2) is 54.3 Å². The molecule has 1 aliphatic heterocycles. The molecule has 1 aromatic rings. The number of hydrogen-bond acceptors (Lipinski definition) is 6. The molecule has 2 fully saturated rings. The Morgan fingerprint density at radius 2 is 1.96 bits per heavy atom. The normalized spacial score (nSPS) is 21.9. The van der Waals surface area contributed by atoms with Crippen LogP contribution in [0.25, 0.3) is 0 Å². The van der Waals surface area contributed by atoms with Crippen molar-refractivity contribution in [1.82, 2.24) is 4.90 Å². The Balaban J connectivity index is 1.69. The number of carbonyl (C=O) groups excluding carboxylic acids is 1. The van der Waals surface area contributed by atoms with Crippen molar-refractivity contribution in [2.45, 2.75) is 51.1 Å². The summed E-state index contributed by atoms with van der Waals surface area (Å²) in [7, 11) is -3.09.